The molecule has 2 atom stereocenters. The van der Waals surface area contributed by atoms with Gasteiger partial charge in [0.2, 0.25) is 0 Å². The van der Waals surface area contributed by atoms with E-state index in [2.05, 4.69) is 37.8 Å². The van der Waals surface area contributed by atoms with Crippen molar-refractivity contribution < 1.29 is 14.9 Å². The molecule has 0 radical (unpaired) electrons. The van der Waals surface area contributed by atoms with Gasteiger partial charge in [-0.15, -0.1) is 0 Å². The highest BCUT2D eigenvalue weighted by molar-refractivity contribution is 5.41. The van der Waals surface area contributed by atoms with Gasteiger partial charge in [0, 0.05) is 13.1 Å². The summed E-state index contributed by atoms with van der Waals surface area (Å²) in [6.45, 7) is 9.39. The summed E-state index contributed by atoms with van der Waals surface area (Å²) in [6, 6.07) is 4.42. The van der Waals surface area contributed by atoms with Crippen LogP contribution in [-0.2, 0) is 24.4 Å². The van der Waals surface area contributed by atoms with Crippen molar-refractivity contribution in [3.05, 3.63) is 34.4 Å². The van der Waals surface area contributed by atoms with Crippen molar-refractivity contribution in [3.8, 4) is 0 Å². The average molecular weight is 319 g/mol. The van der Waals surface area contributed by atoms with Crippen molar-refractivity contribution in [1.82, 2.24) is 4.90 Å². The Morgan fingerprint density at radius 3 is 2.61 bits per heavy atom. The Morgan fingerprint density at radius 1 is 1.26 bits per heavy atom. The Kier molecular flexibility index (Phi) is 4.79. The first-order valence-electron chi connectivity index (χ1n) is 8.70. The molecule has 2 aliphatic rings. The summed E-state index contributed by atoms with van der Waals surface area (Å²) in [5.41, 5.74) is 4.19. The van der Waals surface area contributed by atoms with E-state index in [-0.39, 0.29) is 24.9 Å². The first-order chi connectivity index (χ1) is 11.0. The minimum Gasteiger partial charge on any atom is -0.392 e. The molecule has 4 heteroatoms. The van der Waals surface area contributed by atoms with Crippen LogP contribution in [0.2, 0.25) is 0 Å². The molecule has 3 rings (SSSR count). The predicted octanol–water partition coefficient (Wildman–Crippen LogP) is 2.41. The lowest BCUT2D eigenvalue weighted by Gasteiger charge is -2.48. The third-order valence-electron chi connectivity index (χ3n) is 5.24. The van der Waals surface area contributed by atoms with Gasteiger partial charge in [-0.05, 0) is 47.9 Å². The number of hydrogen-bond acceptors (Lipinski definition) is 4. The highest BCUT2D eigenvalue weighted by atomic mass is 16.5. The maximum Gasteiger partial charge on any atom is 0.0784 e. The van der Waals surface area contributed by atoms with Crippen molar-refractivity contribution in [3.63, 3.8) is 0 Å². The van der Waals surface area contributed by atoms with E-state index in [9.17, 15) is 10.2 Å². The zero-order chi connectivity index (χ0) is 16.6. The molecule has 1 aromatic carbocycles. The number of morpholine rings is 1. The zero-order valence-electron chi connectivity index (χ0n) is 14.5. The van der Waals surface area contributed by atoms with Gasteiger partial charge in [0.1, 0.15) is 0 Å². The Balaban J connectivity index is 1.86. The Morgan fingerprint density at radius 2 is 1.96 bits per heavy atom. The lowest BCUT2D eigenvalue weighted by molar-refractivity contribution is -0.136. The summed E-state index contributed by atoms with van der Waals surface area (Å²) in [7, 11) is 0. The van der Waals surface area contributed by atoms with E-state index in [1.807, 2.05) is 0 Å². The van der Waals surface area contributed by atoms with Crippen molar-refractivity contribution in [1.29, 1.82) is 0 Å². The monoisotopic (exact) mass is 319 g/mol. The van der Waals surface area contributed by atoms with Gasteiger partial charge in [-0.25, -0.2) is 0 Å². The number of ether oxygens (including phenoxy) is 1. The Hall–Kier alpha value is -0.940. The number of nitrogens with zero attached hydrogens (tertiary/aromatic N) is 1. The fourth-order valence-corrected chi connectivity index (χ4v) is 4.32. The maximum absolute atomic E-state index is 9.57. The fraction of sp³-hybridized carbons (Fsp3) is 0.684. The lowest BCUT2D eigenvalue weighted by Crippen LogP contribution is -2.54. The van der Waals surface area contributed by atoms with E-state index < -0.39 is 0 Å². The van der Waals surface area contributed by atoms with Gasteiger partial charge in [-0.3, -0.25) is 4.90 Å². The summed E-state index contributed by atoms with van der Waals surface area (Å²) in [5.74, 6) is 0.627. The molecular formula is C19H29NO3. The van der Waals surface area contributed by atoms with Gasteiger partial charge in [-0.2, -0.15) is 0 Å². The van der Waals surface area contributed by atoms with Crippen LogP contribution in [0.15, 0.2) is 12.1 Å². The van der Waals surface area contributed by atoms with E-state index in [4.69, 9.17) is 4.74 Å². The van der Waals surface area contributed by atoms with Crippen LogP contribution in [0.5, 0.6) is 0 Å². The molecule has 2 N–H and O–H groups in total. The molecule has 2 aliphatic heterocycles. The van der Waals surface area contributed by atoms with Crippen molar-refractivity contribution in [2.75, 3.05) is 19.7 Å². The van der Waals surface area contributed by atoms with Crippen molar-refractivity contribution >= 4 is 0 Å². The topological polar surface area (TPSA) is 52.9 Å². The van der Waals surface area contributed by atoms with Crippen molar-refractivity contribution in [2.24, 2.45) is 5.92 Å². The number of aliphatic hydroxyl groups is 2. The van der Waals surface area contributed by atoms with Gasteiger partial charge in [0.25, 0.3) is 0 Å². The highest BCUT2D eigenvalue weighted by Gasteiger charge is 2.40. The van der Waals surface area contributed by atoms with Crippen LogP contribution in [0.1, 0.15) is 55.5 Å². The van der Waals surface area contributed by atoms with E-state index >= 15 is 0 Å². The first-order valence-corrected chi connectivity index (χ1v) is 8.70. The zero-order valence-corrected chi connectivity index (χ0v) is 14.5. The molecule has 1 saturated heterocycles. The number of benzene rings is 1. The maximum atomic E-state index is 9.57. The Bertz CT molecular complexity index is 572. The van der Waals surface area contributed by atoms with E-state index in [0.717, 1.165) is 37.1 Å². The summed E-state index contributed by atoms with van der Waals surface area (Å²) in [4.78, 5) is 2.54. The summed E-state index contributed by atoms with van der Waals surface area (Å²) in [5, 5.41) is 19.1. The van der Waals surface area contributed by atoms with Crippen LogP contribution in [0.25, 0.3) is 0 Å². The fourth-order valence-electron chi connectivity index (χ4n) is 4.32. The molecule has 1 unspecified atom stereocenters. The molecule has 0 aromatic heterocycles. The molecule has 2 heterocycles. The van der Waals surface area contributed by atoms with E-state index in [1.54, 1.807) is 0 Å². The molecule has 128 valence electrons. The average Bonchev–Trinajstić information content (AvgIpc) is 2.51. The van der Waals surface area contributed by atoms with Gasteiger partial charge in [0.15, 0.2) is 0 Å². The predicted molar refractivity (Wildman–Crippen MR) is 90.1 cm³/mol. The highest BCUT2D eigenvalue weighted by Crippen LogP contribution is 2.39. The second kappa shape index (κ2) is 6.52. The normalized spacial score (nSPS) is 27.8. The van der Waals surface area contributed by atoms with Crippen LogP contribution in [0.3, 0.4) is 0 Å². The molecule has 1 fully saturated rings. The molecular weight excluding hydrogens is 290 g/mol. The minimum absolute atomic E-state index is 0.0134. The van der Waals surface area contributed by atoms with Crippen LogP contribution in [0, 0.1) is 5.92 Å². The SMILES string of the molecule is CC(C)CC1(C)CN2CCc3cc(CO)c(CO)cc3[C@H]2CO1. The standard InChI is InChI=1S/C19H29NO3/c1-13(2)8-19(3)12-20-5-4-14-6-15(9-21)16(10-22)7-17(14)18(20)11-23-19/h6-7,13,18,21-22H,4-5,8-12H2,1-3H3/t18-,19?/m1/s1. The second-order valence-electron chi connectivity index (χ2n) is 7.73. The molecule has 0 amide bonds. The van der Waals surface area contributed by atoms with Crippen molar-refractivity contribution in [2.45, 2.75) is 58.5 Å². The molecule has 23 heavy (non-hydrogen) atoms. The van der Waals surface area contributed by atoms with Gasteiger partial charge < -0.3 is 14.9 Å². The third-order valence-corrected chi connectivity index (χ3v) is 5.24. The largest absolute Gasteiger partial charge is 0.392 e. The van der Waals surface area contributed by atoms with Gasteiger partial charge in [-0.1, -0.05) is 26.0 Å². The first kappa shape index (κ1) is 16.9. The number of rotatable bonds is 4. The molecule has 1 aromatic rings. The van der Waals surface area contributed by atoms with Crippen LogP contribution >= 0.6 is 0 Å². The van der Waals surface area contributed by atoms with Crippen LogP contribution in [-0.4, -0.2) is 40.4 Å². The molecule has 0 aliphatic carbocycles. The minimum atomic E-state index is -0.0625. The summed E-state index contributed by atoms with van der Waals surface area (Å²) in [6.07, 6.45) is 2.08. The summed E-state index contributed by atoms with van der Waals surface area (Å²) < 4.78 is 6.28. The lowest BCUT2D eigenvalue weighted by atomic mass is 9.85. The number of hydrogen-bond donors (Lipinski definition) is 2. The smallest absolute Gasteiger partial charge is 0.0784 e. The quantitative estimate of drug-likeness (QED) is 0.895. The van der Waals surface area contributed by atoms with E-state index in [1.165, 1.54) is 11.1 Å². The summed E-state index contributed by atoms with van der Waals surface area (Å²) >= 11 is 0. The van der Waals surface area contributed by atoms with Crippen LogP contribution in [0.4, 0.5) is 0 Å². The number of aliphatic hydroxyl groups excluding tert-OH is 2. The Labute approximate surface area is 139 Å². The number of fused-ring (bicyclic) bond motifs is 3. The van der Waals surface area contributed by atoms with Crippen LogP contribution < -0.4 is 0 Å². The molecule has 4 nitrogen and oxygen atoms in total. The van der Waals surface area contributed by atoms with E-state index in [0.29, 0.717) is 12.5 Å². The third kappa shape index (κ3) is 3.31. The van der Waals surface area contributed by atoms with Gasteiger partial charge in [0.05, 0.1) is 31.5 Å². The molecule has 0 saturated carbocycles. The molecule has 0 spiro atoms. The molecule has 0 bridgehead atoms. The second-order valence-corrected chi connectivity index (χ2v) is 7.73. The van der Waals surface area contributed by atoms with Gasteiger partial charge >= 0.3 is 0 Å².